The first-order valence-corrected chi connectivity index (χ1v) is 3.41. The molecule has 1 aromatic heterocycles. The van der Waals surface area contributed by atoms with Crippen LogP contribution in [0.4, 0.5) is 0 Å². The second kappa shape index (κ2) is 3.56. The van der Waals surface area contributed by atoms with Crippen molar-refractivity contribution in [3.05, 3.63) is 36.4 Å². The molecule has 1 N–H and O–H groups in total. The Morgan fingerprint density at radius 2 is 1.75 bits per heavy atom. The maximum atomic E-state index is 9.02. The molecule has 2 nitrogen and oxygen atoms in total. The molecule has 1 radical (unpaired) electrons. The van der Waals surface area contributed by atoms with Crippen molar-refractivity contribution in [3.8, 4) is 5.88 Å². The third kappa shape index (κ3) is 1.57. The molecule has 0 fully saturated rings. The number of fused-ring (bicyclic) bond motifs is 1. The monoisotopic (exact) mass is 204 g/mol. The summed E-state index contributed by atoms with van der Waals surface area (Å²) in [7, 11) is 0. The third-order valence-electron chi connectivity index (χ3n) is 1.58. The van der Waals surface area contributed by atoms with E-state index in [-0.39, 0.29) is 22.7 Å². The molecule has 1 heterocycles. The summed E-state index contributed by atoms with van der Waals surface area (Å²) in [5.74, 6) is 0.0729. The first-order valence-electron chi connectivity index (χ1n) is 3.41. The number of nitrogens with zero attached hydrogens (tertiary/aromatic N) is 1. The van der Waals surface area contributed by atoms with Crippen LogP contribution in [0.5, 0.6) is 5.88 Å². The minimum Gasteiger partial charge on any atom is -0.493 e. The molecular weight excluding hydrogens is 197 g/mol. The zero-order chi connectivity index (χ0) is 7.68. The van der Waals surface area contributed by atoms with E-state index in [9.17, 15) is 0 Å². The summed E-state index contributed by atoms with van der Waals surface area (Å²) in [5.41, 5.74) is 0.826. The Labute approximate surface area is 80.4 Å². The molecular formula is C9H7CoNO. The van der Waals surface area contributed by atoms with Crippen molar-refractivity contribution in [2.24, 2.45) is 0 Å². The molecule has 2 aromatic rings. The Bertz CT molecular complexity index is 389. The van der Waals surface area contributed by atoms with Crippen molar-refractivity contribution in [1.82, 2.24) is 4.98 Å². The summed E-state index contributed by atoms with van der Waals surface area (Å²) in [6.07, 6.45) is 0. The van der Waals surface area contributed by atoms with Gasteiger partial charge in [0.1, 0.15) is 0 Å². The standard InChI is InChI=1S/C9H7NO.Co/c11-9-6-5-7-3-1-2-4-8(7)10-9;/h1-6H,(H,10,11);. The van der Waals surface area contributed by atoms with Crippen LogP contribution >= 0.6 is 0 Å². The first kappa shape index (κ1) is 9.03. The minimum atomic E-state index is 0. The molecule has 3 heteroatoms. The Kier molecular flexibility index (Phi) is 2.68. The molecule has 0 unspecified atom stereocenters. The van der Waals surface area contributed by atoms with Crippen LogP contribution in [0.1, 0.15) is 0 Å². The maximum Gasteiger partial charge on any atom is 0.211 e. The molecule has 63 valence electrons. The van der Waals surface area contributed by atoms with Crippen LogP contribution in [0, 0.1) is 0 Å². The van der Waals surface area contributed by atoms with Gasteiger partial charge in [-0.3, -0.25) is 0 Å². The van der Waals surface area contributed by atoms with E-state index in [2.05, 4.69) is 4.98 Å². The van der Waals surface area contributed by atoms with Crippen LogP contribution in [0.25, 0.3) is 10.9 Å². The van der Waals surface area contributed by atoms with Crippen LogP contribution in [-0.2, 0) is 16.8 Å². The van der Waals surface area contributed by atoms with E-state index in [4.69, 9.17) is 5.11 Å². The Morgan fingerprint density at radius 3 is 2.58 bits per heavy atom. The number of aromatic hydroxyl groups is 1. The molecule has 0 spiro atoms. The molecule has 2 rings (SSSR count). The van der Waals surface area contributed by atoms with Gasteiger partial charge in [-0.05, 0) is 12.1 Å². The fourth-order valence-corrected chi connectivity index (χ4v) is 1.06. The molecule has 0 atom stereocenters. The van der Waals surface area contributed by atoms with E-state index in [1.54, 1.807) is 6.07 Å². The maximum absolute atomic E-state index is 9.02. The Hall–Kier alpha value is -1.06. The van der Waals surface area contributed by atoms with E-state index < -0.39 is 0 Å². The van der Waals surface area contributed by atoms with E-state index in [0.29, 0.717) is 0 Å². The van der Waals surface area contributed by atoms with Gasteiger partial charge in [0.25, 0.3) is 0 Å². The number of rotatable bonds is 0. The molecule has 0 aliphatic heterocycles. The van der Waals surface area contributed by atoms with Gasteiger partial charge in [0.05, 0.1) is 5.52 Å². The molecule has 1 aromatic carbocycles. The molecule has 0 amide bonds. The molecule has 0 saturated carbocycles. The number of pyridine rings is 1. The van der Waals surface area contributed by atoms with Crippen LogP contribution in [0.3, 0.4) is 0 Å². The first-order chi connectivity index (χ1) is 5.36. The van der Waals surface area contributed by atoms with Gasteiger partial charge >= 0.3 is 0 Å². The molecule has 0 bridgehead atoms. The fourth-order valence-electron chi connectivity index (χ4n) is 1.06. The summed E-state index contributed by atoms with van der Waals surface area (Å²) in [6.45, 7) is 0. The smallest absolute Gasteiger partial charge is 0.211 e. The summed E-state index contributed by atoms with van der Waals surface area (Å²) < 4.78 is 0. The van der Waals surface area contributed by atoms with Crippen molar-refractivity contribution >= 4 is 10.9 Å². The minimum absolute atomic E-state index is 0. The van der Waals surface area contributed by atoms with Crippen LogP contribution < -0.4 is 0 Å². The normalized spacial score (nSPS) is 9.33. The Morgan fingerprint density at radius 1 is 1.00 bits per heavy atom. The zero-order valence-corrected chi connectivity index (χ0v) is 7.23. The van der Waals surface area contributed by atoms with Crippen molar-refractivity contribution in [2.45, 2.75) is 0 Å². The predicted molar refractivity (Wildman–Crippen MR) is 43.4 cm³/mol. The number of para-hydroxylation sites is 1. The van der Waals surface area contributed by atoms with E-state index >= 15 is 0 Å². The number of hydrogen-bond acceptors (Lipinski definition) is 2. The molecule has 0 aliphatic carbocycles. The van der Waals surface area contributed by atoms with Crippen LogP contribution in [0.2, 0.25) is 0 Å². The fraction of sp³-hybridized carbons (Fsp3) is 0. The van der Waals surface area contributed by atoms with E-state index in [1.807, 2.05) is 30.3 Å². The zero-order valence-electron chi connectivity index (χ0n) is 6.19. The van der Waals surface area contributed by atoms with Gasteiger partial charge in [-0.1, -0.05) is 18.2 Å². The molecule has 0 aliphatic rings. The van der Waals surface area contributed by atoms with Crippen molar-refractivity contribution < 1.29 is 21.9 Å². The number of hydrogen-bond donors (Lipinski definition) is 1. The summed E-state index contributed by atoms with van der Waals surface area (Å²) in [4.78, 5) is 3.93. The van der Waals surface area contributed by atoms with Gasteiger partial charge in [0, 0.05) is 28.2 Å². The summed E-state index contributed by atoms with van der Waals surface area (Å²) >= 11 is 0. The Balaban J connectivity index is 0.000000720. The van der Waals surface area contributed by atoms with Gasteiger partial charge in [0.15, 0.2) is 0 Å². The number of benzene rings is 1. The predicted octanol–water partition coefficient (Wildman–Crippen LogP) is 1.94. The largest absolute Gasteiger partial charge is 0.493 e. The van der Waals surface area contributed by atoms with Crippen LogP contribution in [-0.4, -0.2) is 10.1 Å². The van der Waals surface area contributed by atoms with Gasteiger partial charge in [-0.15, -0.1) is 0 Å². The average Bonchev–Trinajstić information content (AvgIpc) is 2.04. The molecule has 0 saturated heterocycles. The van der Waals surface area contributed by atoms with Gasteiger partial charge in [-0.25, -0.2) is 4.98 Å². The number of aromatic nitrogens is 1. The van der Waals surface area contributed by atoms with Crippen LogP contribution in [0.15, 0.2) is 36.4 Å². The second-order valence-electron chi connectivity index (χ2n) is 2.36. The van der Waals surface area contributed by atoms with Crippen molar-refractivity contribution in [1.29, 1.82) is 0 Å². The van der Waals surface area contributed by atoms with Gasteiger partial charge in [-0.2, -0.15) is 0 Å². The molecule has 12 heavy (non-hydrogen) atoms. The average molecular weight is 204 g/mol. The van der Waals surface area contributed by atoms with Crippen molar-refractivity contribution in [3.63, 3.8) is 0 Å². The summed E-state index contributed by atoms with van der Waals surface area (Å²) in [5, 5.41) is 10.1. The second-order valence-corrected chi connectivity index (χ2v) is 2.36. The van der Waals surface area contributed by atoms with E-state index in [0.717, 1.165) is 10.9 Å². The SMILES string of the molecule is Oc1ccc2ccccc2n1.[Co]. The van der Waals surface area contributed by atoms with E-state index in [1.165, 1.54) is 0 Å². The third-order valence-corrected chi connectivity index (χ3v) is 1.58. The quantitative estimate of drug-likeness (QED) is 0.711. The van der Waals surface area contributed by atoms with Crippen molar-refractivity contribution in [2.75, 3.05) is 0 Å². The summed E-state index contributed by atoms with van der Waals surface area (Å²) in [6, 6.07) is 11.1. The van der Waals surface area contributed by atoms with Gasteiger partial charge in [0.2, 0.25) is 5.88 Å². The van der Waals surface area contributed by atoms with Gasteiger partial charge < -0.3 is 5.11 Å². The topological polar surface area (TPSA) is 33.1 Å².